The SMILES string of the molecule is COC(=O)CC(=O)c1cccc(CC(F)(F)F)c1. The van der Waals surface area contributed by atoms with E-state index in [1.807, 2.05) is 0 Å². The number of methoxy groups -OCH3 is 1. The van der Waals surface area contributed by atoms with Gasteiger partial charge in [-0.2, -0.15) is 13.2 Å². The number of ether oxygens (including phenoxy) is 1. The van der Waals surface area contributed by atoms with E-state index in [4.69, 9.17) is 0 Å². The smallest absolute Gasteiger partial charge is 0.393 e. The van der Waals surface area contributed by atoms with Crippen LogP contribution in [-0.4, -0.2) is 25.0 Å². The molecule has 0 aliphatic heterocycles. The van der Waals surface area contributed by atoms with Crippen molar-refractivity contribution in [2.24, 2.45) is 0 Å². The first-order valence-corrected chi connectivity index (χ1v) is 5.07. The normalized spacial score (nSPS) is 11.1. The summed E-state index contributed by atoms with van der Waals surface area (Å²) in [7, 11) is 1.13. The second-order valence-corrected chi connectivity index (χ2v) is 3.67. The predicted octanol–water partition coefficient (Wildman–Crippen LogP) is 2.54. The van der Waals surface area contributed by atoms with E-state index in [-0.39, 0.29) is 11.1 Å². The summed E-state index contributed by atoms with van der Waals surface area (Å²) in [4.78, 5) is 22.4. The Morgan fingerprint density at radius 2 is 1.94 bits per heavy atom. The number of hydrogen-bond acceptors (Lipinski definition) is 3. The van der Waals surface area contributed by atoms with Gasteiger partial charge >= 0.3 is 12.1 Å². The van der Waals surface area contributed by atoms with E-state index in [1.54, 1.807) is 0 Å². The van der Waals surface area contributed by atoms with Gasteiger partial charge in [0, 0.05) is 5.56 Å². The van der Waals surface area contributed by atoms with Crippen LogP contribution in [0, 0.1) is 0 Å². The number of esters is 1. The molecule has 1 aromatic carbocycles. The van der Waals surface area contributed by atoms with Crippen molar-refractivity contribution in [3.63, 3.8) is 0 Å². The Morgan fingerprint density at radius 1 is 1.28 bits per heavy atom. The Bertz CT molecular complexity index is 452. The van der Waals surface area contributed by atoms with Crippen LogP contribution in [0.1, 0.15) is 22.3 Å². The molecule has 0 spiro atoms. The summed E-state index contributed by atoms with van der Waals surface area (Å²) in [5.41, 5.74) is 0.0559. The summed E-state index contributed by atoms with van der Waals surface area (Å²) in [6.07, 6.45) is -5.91. The van der Waals surface area contributed by atoms with Crippen molar-refractivity contribution in [2.75, 3.05) is 7.11 Å². The molecule has 0 atom stereocenters. The lowest BCUT2D eigenvalue weighted by Crippen LogP contribution is -2.13. The van der Waals surface area contributed by atoms with Crippen molar-refractivity contribution in [3.8, 4) is 0 Å². The molecule has 98 valence electrons. The van der Waals surface area contributed by atoms with Crippen LogP contribution in [0.2, 0.25) is 0 Å². The third-order valence-electron chi connectivity index (χ3n) is 2.19. The standard InChI is InChI=1S/C12H11F3O3/c1-18-11(17)6-10(16)9-4-2-3-8(5-9)7-12(13,14)15/h2-5H,6-7H2,1H3. The predicted molar refractivity (Wildman–Crippen MR) is 57.2 cm³/mol. The number of ketones is 1. The Kier molecular flexibility index (Phi) is 4.47. The van der Waals surface area contributed by atoms with Crippen molar-refractivity contribution in [1.82, 2.24) is 0 Å². The average Bonchev–Trinajstić information content (AvgIpc) is 2.26. The number of rotatable bonds is 4. The Balaban J connectivity index is 2.82. The summed E-state index contributed by atoms with van der Waals surface area (Å²) in [5, 5.41) is 0. The van der Waals surface area contributed by atoms with E-state index in [2.05, 4.69) is 4.74 Å². The molecule has 1 rings (SSSR count). The highest BCUT2D eigenvalue weighted by atomic mass is 19.4. The minimum atomic E-state index is -4.33. The van der Waals surface area contributed by atoms with E-state index < -0.39 is 30.8 Å². The van der Waals surface area contributed by atoms with Gasteiger partial charge in [-0.3, -0.25) is 9.59 Å². The van der Waals surface area contributed by atoms with Gasteiger partial charge in [-0.05, 0) is 11.6 Å². The number of alkyl halides is 3. The van der Waals surface area contributed by atoms with Crippen molar-refractivity contribution in [1.29, 1.82) is 0 Å². The van der Waals surface area contributed by atoms with Gasteiger partial charge in [0.2, 0.25) is 0 Å². The summed E-state index contributed by atoms with van der Waals surface area (Å²) in [5.74, 6) is -1.29. The van der Waals surface area contributed by atoms with Crippen molar-refractivity contribution in [2.45, 2.75) is 19.0 Å². The molecular weight excluding hydrogens is 249 g/mol. The molecule has 0 saturated heterocycles. The molecule has 0 saturated carbocycles. The van der Waals surface area contributed by atoms with E-state index in [0.717, 1.165) is 13.2 Å². The molecule has 3 nitrogen and oxygen atoms in total. The molecule has 6 heteroatoms. The minimum absolute atomic E-state index is 0.0155. The van der Waals surface area contributed by atoms with E-state index >= 15 is 0 Å². The van der Waals surface area contributed by atoms with Crippen LogP contribution in [0.15, 0.2) is 24.3 Å². The van der Waals surface area contributed by atoms with Gasteiger partial charge in [0.1, 0.15) is 6.42 Å². The molecule has 0 unspecified atom stereocenters. The molecule has 1 aromatic rings. The summed E-state index contributed by atoms with van der Waals surface area (Å²) < 4.78 is 40.9. The number of hydrogen-bond donors (Lipinski definition) is 0. The molecule has 0 heterocycles. The second-order valence-electron chi connectivity index (χ2n) is 3.67. The third-order valence-corrected chi connectivity index (χ3v) is 2.19. The number of Topliss-reactive ketones (excluding diaryl/α,β-unsaturated/α-hetero) is 1. The average molecular weight is 260 g/mol. The number of carbonyl (C=O) groups excluding carboxylic acids is 2. The van der Waals surface area contributed by atoms with Gasteiger partial charge in [-0.15, -0.1) is 0 Å². The maximum Gasteiger partial charge on any atom is 0.393 e. The Morgan fingerprint density at radius 3 is 2.50 bits per heavy atom. The second kappa shape index (κ2) is 5.66. The van der Waals surface area contributed by atoms with Crippen LogP contribution in [0.4, 0.5) is 13.2 Å². The molecule has 0 N–H and O–H groups in total. The molecular formula is C12H11F3O3. The van der Waals surface area contributed by atoms with Crippen LogP contribution >= 0.6 is 0 Å². The van der Waals surface area contributed by atoms with Crippen molar-refractivity contribution >= 4 is 11.8 Å². The van der Waals surface area contributed by atoms with Crippen LogP contribution in [0.3, 0.4) is 0 Å². The molecule has 0 radical (unpaired) electrons. The number of benzene rings is 1. The van der Waals surface area contributed by atoms with E-state index in [9.17, 15) is 22.8 Å². The molecule has 0 fully saturated rings. The third kappa shape index (κ3) is 4.57. The Labute approximate surface area is 102 Å². The number of carbonyl (C=O) groups is 2. The summed E-state index contributed by atoms with van der Waals surface area (Å²) in [6, 6.07) is 5.14. The summed E-state index contributed by atoms with van der Waals surface area (Å²) in [6.45, 7) is 0. The van der Waals surface area contributed by atoms with Gasteiger partial charge in [-0.1, -0.05) is 18.2 Å². The fraction of sp³-hybridized carbons (Fsp3) is 0.333. The fourth-order valence-corrected chi connectivity index (χ4v) is 1.39. The zero-order valence-electron chi connectivity index (χ0n) is 9.58. The molecule has 0 aromatic heterocycles. The Hall–Kier alpha value is -1.85. The zero-order valence-corrected chi connectivity index (χ0v) is 9.58. The van der Waals surface area contributed by atoms with Crippen LogP contribution in [0.5, 0.6) is 0 Å². The minimum Gasteiger partial charge on any atom is -0.469 e. The fourth-order valence-electron chi connectivity index (χ4n) is 1.39. The number of halogens is 3. The molecule has 18 heavy (non-hydrogen) atoms. The van der Waals surface area contributed by atoms with Gasteiger partial charge in [0.25, 0.3) is 0 Å². The quantitative estimate of drug-likeness (QED) is 0.474. The topological polar surface area (TPSA) is 43.4 Å². The molecule has 0 bridgehead atoms. The van der Waals surface area contributed by atoms with Gasteiger partial charge in [-0.25, -0.2) is 0 Å². The van der Waals surface area contributed by atoms with E-state index in [0.29, 0.717) is 0 Å². The first-order valence-electron chi connectivity index (χ1n) is 5.07. The lowest BCUT2D eigenvalue weighted by atomic mass is 10.0. The first-order chi connectivity index (χ1) is 8.31. The maximum absolute atomic E-state index is 12.2. The zero-order chi connectivity index (χ0) is 13.8. The maximum atomic E-state index is 12.2. The van der Waals surface area contributed by atoms with Crippen molar-refractivity contribution < 1.29 is 27.5 Å². The highest BCUT2D eigenvalue weighted by Gasteiger charge is 2.27. The van der Waals surface area contributed by atoms with Crippen LogP contribution < -0.4 is 0 Å². The van der Waals surface area contributed by atoms with Gasteiger partial charge < -0.3 is 4.74 Å². The molecule has 0 aliphatic rings. The van der Waals surface area contributed by atoms with Crippen LogP contribution in [0.25, 0.3) is 0 Å². The van der Waals surface area contributed by atoms with Gasteiger partial charge in [0.15, 0.2) is 5.78 Å². The van der Waals surface area contributed by atoms with Gasteiger partial charge in [0.05, 0.1) is 13.5 Å². The molecule has 0 amide bonds. The monoisotopic (exact) mass is 260 g/mol. The highest BCUT2D eigenvalue weighted by Crippen LogP contribution is 2.22. The van der Waals surface area contributed by atoms with Crippen LogP contribution in [-0.2, 0) is 16.0 Å². The largest absolute Gasteiger partial charge is 0.469 e. The lowest BCUT2D eigenvalue weighted by molar-refractivity contribution is -0.139. The first kappa shape index (κ1) is 14.2. The van der Waals surface area contributed by atoms with Crippen molar-refractivity contribution in [3.05, 3.63) is 35.4 Å². The van der Waals surface area contributed by atoms with E-state index in [1.165, 1.54) is 18.2 Å². The highest BCUT2D eigenvalue weighted by molar-refractivity contribution is 6.05. The summed E-state index contributed by atoms with van der Waals surface area (Å²) >= 11 is 0. The lowest BCUT2D eigenvalue weighted by Gasteiger charge is -2.07. The molecule has 0 aliphatic carbocycles.